The van der Waals surface area contributed by atoms with Gasteiger partial charge < -0.3 is 15.4 Å². The van der Waals surface area contributed by atoms with E-state index in [4.69, 9.17) is 0 Å². The van der Waals surface area contributed by atoms with Crippen molar-refractivity contribution in [2.45, 2.75) is 25.4 Å². The molecule has 1 fully saturated rings. The molecule has 0 aromatic carbocycles. The standard InChI is InChI=1S/C7H10BrN5O2/c8-6-10-7(13(14)15)11-12(6)4-5-2-1-3-9-5/h5,9H,1-4H2/t5-/m0/s1. The van der Waals surface area contributed by atoms with Gasteiger partial charge in [0.15, 0.2) is 0 Å². The Balaban J connectivity index is 2.10. The number of rotatable bonds is 3. The minimum Gasteiger partial charge on any atom is -0.390 e. The van der Waals surface area contributed by atoms with Gasteiger partial charge in [-0.3, -0.25) is 0 Å². The van der Waals surface area contributed by atoms with Crippen LogP contribution in [-0.4, -0.2) is 32.3 Å². The van der Waals surface area contributed by atoms with Crippen molar-refractivity contribution in [2.75, 3.05) is 6.54 Å². The maximum Gasteiger partial charge on any atom is 0.492 e. The summed E-state index contributed by atoms with van der Waals surface area (Å²) in [7, 11) is 0. The van der Waals surface area contributed by atoms with Gasteiger partial charge in [-0.2, -0.15) is 4.68 Å². The molecule has 0 unspecified atom stereocenters. The molecule has 1 aromatic heterocycles. The first-order valence-corrected chi connectivity index (χ1v) is 5.44. The number of nitrogens with one attached hydrogen (secondary N) is 1. The molecule has 1 aliphatic rings. The maximum atomic E-state index is 10.4. The van der Waals surface area contributed by atoms with E-state index < -0.39 is 4.92 Å². The summed E-state index contributed by atoms with van der Waals surface area (Å²) in [5, 5.41) is 17.5. The number of nitro groups is 1. The Bertz CT molecular complexity index is 373. The van der Waals surface area contributed by atoms with Crippen LogP contribution in [0.15, 0.2) is 4.73 Å². The van der Waals surface area contributed by atoms with Crippen molar-refractivity contribution in [1.29, 1.82) is 0 Å². The molecule has 0 amide bonds. The normalized spacial score (nSPS) is 20.7. The molecule has 2 heterocycles. The lowest BCUT2D eigenvalue weighted by Gasteiger charge is -2.06. The van der Waals surface area contributed by atoms with Crippen LogP contribution in [0.5, 0.6) is 0 Å². The van der Waals surface area contributed by atoms with Crippen molar-refractivity contribution in [3.8, 4) is 0 Å². The Morgan fingerprint density at radius 3 is 3.07 bits per heavy atom. The smallest absolute Gasteiger partial charge is 0.390 e. The summed E-state index contributed by atoms with van der Waals surface area (Å²) in [6, 6.07) is 0.336. The molecular formula is C7H10BrN5O2. The molecule has 1 aromatic rings. The monoisotopic (exact) mass is 275 g/mol. The van der Waals surface area contributed by atoms with Crippen LogP contribution >= 0.6 is 15.9 Å². The average Bonchev–Trinajstić information content (AvgIpc) is 2.77. The van der Waals surface area contributed by atoms with E-state index in [-0.39, 0.29) is 5.95 Å². The molecule has 0 bridgehead atoms. The molecule has 8 heteroatoms. The SMILES string of the molecule is O=[N+]([O-])c1nc(Br)n(C[C@@H]2CCCN2)n1. The zero-order valence-corrected chi connectivity index (χ0v) is 9.48. The fraction of sp³-hybridized carbons (Fsp3) is 0.714. The van der Waals surface area contributed by atoms with Crippen molar-refractivity contribution < 1.29 is 4.92 Å². The van der Waals surface area contributed by atoms with Gasteiger partial charge in [0.2, 0.25) is 0 Å². The zero-order valence-electron chi connectivity index (χ0n) is 7.89. The highest BCUT2D eigenvalue weighted by molar-refractivity contribution is 9.10. The topological polar surface area (TPSA) is 85.9 Å². The lowest BCUT2D eigenvalue weighted by molar-refractivity contribution is -0.394. The van der Waals surface area contributed by atoms with E-state index in [2.05, 4.69) is 31.3 Å². The van der Waals surface area contributed by atoms with E-state index in [0.29, 0.717) is 17.3 Å². The lowest BCUT2D eigenvalue weighted by Crippen LogP contribution is -2.27. The van der Waals surface area contributed by atoms with E-state index in [0.717, 1.165) is 19.4 Å². The highest BCUT2D eigenvalue weighted by Gasteiger charge is 2.23. The Morgan fingerprint density at radius 2 is 2.53 bits per heavy atom. The van der Waals surface area contributed by atoms with Gasteiger partial charge in [-0.05, 0) is 29.3 Å². The number of aromatic nitrogens is 3. The van der Waals surface area contributed by atoms with Crippen molar-refractivity contribution in [2.24, 2.45) is 0 Å². The van der Waals surface area contributed by atoms with Crippen LogP contribution in [0.4, 0.5) is 5.95 Å². The molecule has 0 spiro atoms. The van der Waals surface area contributed by atoms with Crippen molar-refractivity contribution in [3.05, 3.63) is 14.8 Å². The quantitative estimate of drug-likeness (QED) is 0.648. The first kappa shape index (κ1) is 10.5. The average molecular weight is 276 g/mol. The fourth-order valence-electron chi connectivity index (χ4n) is 1.63. The van der Waals surface area contributed by atoms with Crippen LogP contribution in [0, 0.1) is 10.1 Å². The first-order valence-electron chi connectivity index (χ1n) is 4.65. The zero-order chi connectivity index (χ0) is 10.8. The second-order valence-electron chi connectivity index (χ2n) is 3.41. The number of nitrogens with zero attached hydrogens (tertiary/aromatic N) is 4. The van der Waals surface area contributed by atoms with Gasteiger partial charge in [-0.1, -0.05) is 0 Å². The molecule has 1 aliphatic heterocycles. The van der Waals surface area contributed by atoms with Crippen molar-refractivity contribution >= 4 is 21.9 Å². The summed E-state index contributed by atoms with van der Waals surface area (Å²) in [5.41, 5.74) is 0. The van der Waals surface area contributed by atoms with Gasteiger partial charge in [-0.15, -0.1) is 0 Å². The van der Waals surface area contributed by atoms with Crippen LogP contribution in [-0.2, 0) is 6.54 Å². The van der Waals surface area contributed by atoms with E-state index in [1.807, 2.05) is 0 Å². The molecular weight excluding hydrogens is 266 g/mol. The van der Waals surface area contributed by atoms with Crippen LogP contribution in [0.25, 0.3) is 0 Å². The van der Waals surface area contributed by atoms with E-state index >= 15 is 0 Å². The third-order valence-corrected chi connectivity index (χ3v) is 2.92. The van der Waals surface area contributed by atoms with E-state index in [9.17, 15) is 10.1 Å². The summed E-state index contributed by atoms with van der Waals surface area (Å²) in [6.45, 7) is 1.61. The summed E-state index contributed by atoms with van der Waals surface area (Å²) in [4.78, 5) is 13.5. The maximum absolute atomic E-state index is 10.4. The molecule has 1 saturated heterocycles. The summed E-state index contributed by atoms with van der Waals surface area (Å²) >= 11 is 3.15. The second-order valence-corrected chi connectivity index (χ2v) is 4.12. The van der Waals surface area contributed by atoms with Crippen LogP contribution in [0.3, 0.4) is 0 Å². The Kier molecular flexibility index (Phi) is 2.96. The largest absolute Gasteiger partial charge is 0.492 e. The molecule has 0 radical (unpaired) electrons. The third-order valence-electron chi connectivity index (χ3n) is 2.33. The number of hydrogen-bond donors (Lipinski definition) is 1. The molecule has 0 saturated carbocycles. The molecule has 82 valence electrons. The van der Waals surface area contributed by atoms with E-state index in [1.54, 1.807) is 0 Å². The number of hydrogen-bond acceptors (Lipinski definition) is 5. The summed E-state index contributed by atoms with van der Waals surface area (Å²) < 4.78 is 1.92. The van der Waals surface area contributed by atoms with Gasteiger partial charge in [0.05, 0.1) is 6.54 Å². The summed E-state index contributed by atoms with van der Waals surface area (Å²) in [6.07, 6.45) is 2.21. The number of halogens is 1. The Labute approximate surface area is 94.1 Å². The summed E-state index contributed by atoms with van der Waals surface area (Å²) in [5.74, 6) is -0.361. The lowest BCUT2D eigenvalue weighted by atomic mass is 10.2. The molecule has 2 rings (SSSR count). The second kappa shape index (κ2) is 4.23. The van der Waals surface area contributed by atoms with Gasteiger partial charge >= 0.3 is 5.95 Å². The molecule has 15 heavy (non-hydrogen) atoms. The van der Waals surface area contributed by atoms with Gasteiger partial charge in [0.1, 0.15) is 0 Å². The van der Waals surface area contributed by atoms with Crippen LogP contribution < -0.4 is 5.32 Å². The van der Waals surface area contributed by atoms with Gasteiger partial charge in [-0.25, -0.2) is 0 Å². The van der Waals surface area contributed by atoms with Crippen molar-refractivity contribution in [3.63, 3.8) is 0 Å². The first-order chi connectivity index (χ1) is 7.16. The highest BCUT2D eigenvalue weighted by Crippen LogP contribution is 2.14. The molecule has 0 aliphatic carbocycles. The fourth-order valence-corrected chi connectivity index (χ4v) is 2.01. The Morgan fingerprint density at radius 1 is 1.73 bits per heavy atom. The minimum atomic E-state index is -0.594. The van der Waals surface area contributed by atoms with Gasteiger partial charge in [0, 0.05) is 27.1 Å². The Hall–Kier alpha value is -1.02. The highest BCUT2D eigenvalue weighted by atomic mass is 79.9. The van der Waals surface area contributed by atoms with Gasteiger partial charge in [0.25, 0.3) is 4.73 Å². The van der Waals surface area contributed by atoms with Crippen LogP contribution in [0.2, 0.25) is 0 Å². The molecule has 7 nitrogen and oxygen atoms in total. The van der Waals surface area contributed by atoms with Crippen LogP contribution in [0.1, 0.15) is 12.8 Å². The predicted octanol–water partition coefficient (Wildman–Crippen LogP) is 0.701. The predicted molar refractivity (Wildman–Crippen MR) is 55.4 cm³/mol. The third kappa shape index (κ3) is 2.32. The molecule has 1 N–H and O–H groups in total. The van der Waals surface area contributed by atoms with E-state index in [1.165, 1.54) is 4.68 Å². The minimum absolute atomic E-state index is 0.336. The molecule has 1 atom stereocenters. The van der Waals surface area contributed by atoms with Crippen molar-refractivity contribution in [1.82, 2.24) is 20.1 Å².